The highest BCUT2D eigenvalue weighted by atomic mass is 31.2. The van der Waals surface area contributed by atoms with E-state index >= 15 is 4.39 Å². The van der Waals surface area contributed by atoms with E-state index in [0.29, 0.717) is 0 Å². The molecule has 15 heteroatoms. The number of carbonyl (C=O) groups excluding carboxylic acids is 3. The fourth-order valence-electron chi connectivity index (χ4n) is 3.29. The Hall–Kier alpha value is -2.35. The molecule has 4 atom stereocenters. The Morgan fingerprint density at radius 3 is 2.08 bits per heavy atom. The average molecular weight is 581 g/mol. The average Bonchev–Trinajstić information content (AvgIpc) is 3.07. The van der Waals surface area contributed by atoms with Crippen LogP contribution in [0.2, 0.25) is 0 Å². The number of carbonyl (C=O) groups is 3. The van der Waals surface area contributed by atoms with Gasteiger partial charge in [0.2, 0.25) is 13.6 Å². The van der Waals surface area contributed by atoms with E-state index in [2.05, 4.69) is 11.9 Å². The van der Waals surface area contributed by atoms with Gasteiger partial charge < -0.3 is 29.5 Å². The van der Waals surface area contributed by atoms with E-state index in [-0.39, 0.29) is 12.2 Å². The second kappa shape index (κ2) is 12.4. The van der Waals surface area contributed by atoms with Gasteiger partial charge in [-0.05, 0) is 48.0 Å². The molecule has 0 aliphatic carbocycles. The van der Waals surface area contributed by atoms with Gasteiger partial charge in [-0.25, -0.2) is 18.0 Å². The van der Waals surface area contributed by atoms with E-state index in [0.717, 1.165) is 6.08 Å². The number of amides is 1. The molecule has 1 amide bonds. The number of aliphatic hydroxyl groups excluding tert-OH is 1. The maximum atomic E-state index is 15.2. The van der Waals surface area contributed by atoms with Crippen LogP contribution in [0.25, 0.3) is 0 Å². The van der Waals surface area contributed by atoms with Crippen molar-refractivity contribution in [2.45, 2.75) is 79.0 Å². The summed E-state index contributed by atoms with van der Waals surface area (Å²) in [4.78, 5) is 36.8. The van der Waals surface area contributed by atoms with E-state index in [9.17, 15) is 24.1 Å². The number of hydrogen-bond donors (Lipinski definition) is 2. The summed E-state index contributed by atoms with van der Waals surface area (Å²) in [5.74, 6) is -1.78. The van der Waals surface area contributed by atoms with Crippen LogP contribution in [0.1, 0.15) is 54.9 Å². The number of ether oxygens (including phenoxy) is 3. The number of nitrogens with one attached hydrogen (secondary N) is 1. The van der Waals surface area contributed by atoms with Crippen molar-refractivity contribution < 1.29 is 56.2 Å². The minimum Gasteiger partial charge on any atom is -0.437 e. The molecule has 1 fully saturated rings. The van der Waals surface area contributed by atoms with Crippen LogP contribution in [0.15, 0.2) is 24.7 Å². The quantitative estimate of drug-likeness (QED) is 0.209. The molecule has 1 saturated heterocycles. The molecule has 222 valence electrons. The van der Waals surface area contributed by atoms with E-state index in [1.54, 1.807) is 48.5 Å². The van der Waals surface area contributed by atoms with E-state index in [1.165, 1.54) is 11.1 Å². The van der Waals surface area contributed by atoms with Crippen LogP contribution in [-0.2, 0) is 46.7 Å². The molecule has 13 nitrogen and oxygen atoms in total. The topological polar surface area (TPSA) is 159 Å². The third-order valence-corrected chi connectivity index (χ3v) is 7.09. The second-order valence-electron chi connectivity index (χ2n) is 11.1. The summed E-state index contributed by atoms with van der Waals surface area (Å²) in [7, 11) is -4.63. The lowest BCUT2D eigenvalue weighted by Gasteiger charge is -2.34. The molecule has 0 aromatic rings. The lowest BCUT2D eigenvalue weighted by Crippen LogP contribution is -2.45. The van der Waals surface area contributed by atoms with Gasteiger partial charge in [-0.15, -0.1) is 0 Å². The summed E-state index contributed by atoms with van der Waals surface area (Å²) in [5, 5.41) is 13.2. The van der Waals surface area contributed by atoms with Gasteiger partial charge in [0.25, 0.3) is 5.91 Å². The van der Waals surface area contributed by atoms with Crippen LogP contribution in [0.3, 0.4) is 0 Å². The van der Waals surface area contributed by atoms with Gasteiger partial charge in [0.1, 0.15) is 17.5 Å². The van der Waals surface area contributed by atoms with Crippen molar-refractivity contribution in [3.8, 4) is 0 Å². The first-order valence-electron chi connectivity index (χ1n) is 12.2. The van der Waals surface area contributed by atoms with Crippen molar-refractivity contribution in [2.24, 2.45) is 10.8 Å². The molecule has 0 spiro atoms. The van der Waals surface area contributed by atoms with Crippen molar-refractivity contribution >= 4 is 25.7 Å². The van der Waals surface area contributed by atoms with Crippen molar-refractivity contribution in [1.82, 2.24) is 10.2 Å². The van der Waals surface area contributed by atoms with Gasteiger partial charge in [0.15, 0.2) is 12.4 Å². The standard InChI is InChI=1S/C24H38FN2O11P/c1-9-24(18(29)17(25)19(38-24)27-11-10-16(28)26-15(27)2)12-35-39(32,36-13-33-20(30)22(3,4)5)37-14-34-21(31)23(6,7)8/h10-11,17-19,29H,2,9,12-14H2,1,3-8H3,(H,26,28)/t17-,18+,19-,24-/m1/s1. The van der Waals surface area contributed by atoms with Gasteiger partial charge in [-0.1, -0.05) is 13.5 Å². The number of nitrogens with zero attached hydrogens (tertiary/aromatic N) is 1. The van der Waals surface area contributed by atoms with Gasteiger partial charge in [0.05, 0.1) is 17.4 Å². The van der Waals surface area contributed by atoms with Gasteiger partial charge >= 0.3 is 19.8 Å². The Morgan fingerprint density at radius 2 is 1.64 bits per heavy atom. The number of phosphoric ester groups is 1. The second-order valence-corrected chi connectivity index (χ2v) is 12.7. The van der Waals surface area contributed by atoms with Gasteiger partial charge in [0, 0.05) is 12.3 Å². The van der Waals surface area contributed by atoms with E-state index in [4.69, 9.17) is 27.8 Å². The minimum absolute atomic E-state index is 0.0144. The monoisotopic (exact) mass is 580 g/mol. The molecule has 0 radical (unpaired) electrons. The first kappa shape index (κ1) is 32.9. The summed E-state index contributed by atoms with van der Waals surface area (Å²) in [6.07, 6.45) is -2.80. The van der Waals surface area contributed by atoms with Crippen LogP contribution in [0.5, 0.6) is 0 Å². The molecule has 0 aromatic carbocycles. The molecule has 2 heterocycles. The smallest absolute Gasteiger partial charge is 0.437 e. The van der Waals surface area contributed by atoms with Crippen LogP contribution in [-0.4, -0.2) is 72.1 Å². The largest absolute Gasteiger partial charge is 0.480 e. The predicted octanol–water partition coefficient (Wildman–Crippen LogP) is 2.86. The lowest BCUT2D eigenvalue weighted by molar-refractivity contribution is -0.165. The van der Waals surface area contributed by atoms with Gasteiger partial charge in [-0.2, -0.15) is 0 Å². The highest BCUT2D eigenvalue weighted by Gasteiger charge is 2.57. The van der Waals surface area contributed by atoms with Crippen LogP contribution in [0, 0.1) is 10.8 Å². The van der Waals surface area contributed by atoms with E-state index < -0.39 is 80.8 Å². The molecule has 2 N–H and O–H groups in total. The molecule has 39 heavy (non-hydrogen) atoms. The first-order chi connectivity index (χ1) is 17.8. The Kier molecular flexibility index (Phi) is 10.5. The molecule has 0 saturated carbocycles. The summed E-state index contributed by atoms with van der Waals surface area (Å²) < 4.78 is 60.0. The fourth-order valence-corrected chi connectivity index (χ4v) is 4.26. The maximum Gasteiger partial charge on any atom is 0.480 e. The van der Waals surface area contributed by atoms with Crippen molar-refractivity contribution in [1.29, 1.82) is 0 Å². The third-order valence-electron chi connectivity index (χ3n) is 5.80. The molecule has 0 bridgehead atoms. The summed E-state index contributed by atoms with van der Waals surface area (Å²) >= 11 is 0. The number of alkyl halides is 1. The Bertz CT molecular complexity index is 987. The zero-order chi connectivity index (χ0) is 29.8. The number of halogens is 1. The van der Waals surface area contributed by atoms with Crippen molar-refractivity contribution in [3.05, 3.63) is 24.7 Å². The normalized spacial score (nSPS) is 26.0. The van der Waals surface area contributed by atoms with Crippen molar-refractivity contribution in [3.63, 3.8) is 0 Å². The molecular weight excluding hydrogens is 542 g/mol. The minimum atomic E-state index is -4.63. The van der Waals surface area contributed by atoms with Crippen LogP contribution < -0.4 is 5.32 Å². The molecule has 0 aromatic heterocycles. The number of aliphatic hydroxyl groups is 1. The van der Waals surface area contributed by atoms with E-state index in [1.807, 2.05) is 0 Å². The summed E-state index contributed by atoms with van der Waals surface area (Å²) in [5.41, 5.74) is -3.52. The molecule has 2 aliphatic heterocycles. The number of rotatable bonds is 11. The van der Waals surface area contributed by atoms with Crippen LogP contribution in [0.4, 0.5) is 4.39 Å². The van der Waals surface area contributed by atoms with Crippen LogP contribution >= 0.6 is 7.82 Å². The first-order valence-corrected chi connectivity index (χ1v) is 13.7. The summed E-state index contributed by atoms with van der Waals surface area (Å²) in [6, 6.07) is 0. The molecule has 2 aliphatic rings. The zero-order valence-corrected chi connectivity index (χ0v) is 24.1. The maximum absolute atomic E-state index is 15.2. The Morgan fingerprint density at radius 1 is 1.13 bits per heavy atom. The highest BCUT2D eigenvalue weighted by molar-refractivity contribution is 7.48. The van der Waals surface area contributed by atoms with Crippen molar-refractivity contribution in [2.75, 3.05) is 20.2 Å². The molecule has 2 rings (SSSR count). The number of hydrogen-bond acceptors (Lipinski definition) is 12. The molecule has 0 unspecified atom stereocenters. The fraction of sp³-hybridized carbons (Fsp3) is 0.708. The Labute approximate surface area is 227 Å². The number of esters is 2. The highest BCUT2D eigenvalue weighted by Crippen LogP contribution is 2.52. The third kappa shape index (κ3) is 8.32. The SMILES string of the molecule is C=C1NC(=O)C=CN1[C@@H]1O[C@](CC)(COP(=O)(OCOC(=O)C(C)(C)C)OCOC(=O)C(C)(C)C)[C@@H](O)[C@H]1F. The van der Waals surface area contributed by atoms with Gasteiger partial charge in [-0.3, -0.25) is 18.9 Å². The summed E-state index contributed by atoms with van der Waals surface area (Å²) in [6.45, 7) is 12.4. The molecular formula is C24H38FN2O11P. The Balaban J connectivity index is 2.18. The number of phosphoric acid groups is 1. The lowest BCUT2D eigenvalue weighted by atomic mass is 9.94. The zero-order valence-electron chi connectivity index (χ0n) is 23.2. The predicted molar refractivity (Wildman–Crippen MR) is 134 cm³/mol.